The van der Waals surface area contributed by atoms with Gasteiger partial charge in [0.2, 0.25) is 6.41 Å². The van der Waals surface area contributed by atoms with E-state index in [1.807, 2.05) is 32.6 Å². The summed E-state index contributed by atoms with van der Waals surface area (Å²) in [6.45, 7) is 3.85. The molecule has 0 saturated heterocycles. The molecule has 1 unspecified atom stereocenters. The van der Waals surface area contributed by atoms with Crippen LogP contribution in [0.25, 0.3) is 22.3 Å². The molecule has 4 aromatic rings. The number of nitrogens with one attached hydrogen (secondary N) is 2. The van der Waals surface area contributed by atoms with Crippen LogP contribution in [0.4, 0.5) is 11.4 Å². The number of pyridine rings is 2. The third kappa shape index (κ3) is 4.18. The van der Waals surface area contributed by atoms with Gasteiger partial charge in [-0.1, -0.05) is 0 Å². The fraction of sp³-hybridized carbons (Fsp3) is 0.158. The van der Waals surface area contributed by atoms with Gasteiger partial charge >= 0.3 is 0 Å². The molecule has 0 fully saturated rings. The Morgan fingerprint density at radius 3 is 2.68 bits per heavy atom. The van der Waals surface area contributed by atoms with Crippen LogP contribution in [0.15, 0.2) is 36.9 Å². The van der Waals surface area contributed by atoms with Crippen molar-refractivity contribution in [2.24, 2.45) is 7.05 Å². The second-order valence-electron chi connectivity index (χ2n) is 6.39. The second-order valence-corrected chi connectivity index (χ2v) is 6.97. The lowest BCUT2D eigenvalue weighted by Crippen LogP contribution is -1.99. The van der Waals surface area contributed by atoms with Gasteiger partial charge in [-0.05, 0) is 31.5 Å². The van der Waals surface area contributed by atoms with Crippen LogP contribution in [0, 0.1) is 13.8 Å². The quantitative estimate of drug-likeness (QED) is 0.364. The molecule has 28 heavy (non-hydrogen) atoms. The Morgan fingerprint density at radius 2 is 2.00 bits per heavy atom. The molecule has 0 aliphatic rings. The van der Waals surface area contributed by atoms with Gasteiger partial charge in [-0.3, -0.25) is 14.5 Å². The van der Waals surface area contributed by atoms with Crippen LogP contribution in [0.5, 0.6) is 0 Å². The van der Waals surface area contributed by atoms with Gasteiger partial charge in [0.05, 0.1) is 35.2 Å². The molecule has 1 amide bonds. The van der Waals surface area contributed by atoms with Gasteiger partial charge in [0.15, 0.2) is 0 Å². The van der Waals surface area contributed by atoms with Gasteiger partial charge in [-0.25, -0.2) is 4.98 Å². The zero-order valence-electron chi connectivity index (χ0n) is 15.9. The lowest BCUT2D eigenvalue weighted by molar-refractivity contribution is -0.105. The van der Waals surface area contributed by atoms with Crippen molar-refractivity contribution in [1.82, 2.24) is 24.7 Å². The van der Waals surface area contributed by atoms with E-state index >= 15 is 0 Å². The average molecular weight is 395 g/mol. The number of carbonyl (C=O) groups excluding carboxylic acids is 1. The molecule has 4 N–H and O–H groups in total. The molecule has 0 aromatic carbocycles. The molecule has 0 bridgehead atoms. The summed E-state index contributed by atoms with van der Waals surface area (Å²) in [7, 11) is 4.70. The number of nitrogens with two attached hydrogens (primary N) is 1. The summed E-state index contributed by atoms with van der Waals surface area (Å²) in [6.07, 6.45) is 7.86. The summed E-state index contributed by atoms with van der Waals surface area (Å²) in [4.78, 5) is 21.7. The fourth-order valence-corrected chi connectivity index (χ4v) is 3.19. The summed E-state index contributed by atoms with van der Waals surface area (Å²) in [5.41, 5.74) is 11.6. The normalized spacial score (nSPS) is 10.4. The average Bonchev–Trinajstić information content (AvgIpc) is 3.23. The maximum atomic E-state index is 10.1. The number of carbonyl (C=O) groups is 1. The van der Waals surface area contributed by atoms with Crippen LogP contribution < -0.4 is 16.4 Å². The van der Waals surface area contributed by atoms with Crippen molar-refractivity contribution < 1.29 is 4.79 Å². The molecule has 0 saturated carbocycles. The number of fused-ring (bicyclic) bond motifs is 1. The number of rotatable bonds is 3. The van der Waals surface area contributed by atoms with E-state index in [1.54, 1.807) is 23.9 Å². The predicted molar refractivity (Wildman–Crippen MR) is 115 cm³/mol. The lowest BCUT2D eigenvalue weighted by Gasteiger charge is -2.02. The molecule has 0 spiro atoms. The van der Waals surface area contributed by atoms with Crippen molar-refractivity contribution >= 4 is 43.4 Å². The molecule has 4 rings (SSSR count). The minimum absolute atomic E-state index is 0.542. The first-order chi connectivity index (χ1) is 13.4. The minimum atomic E-state index is 0.542. The number of nitrogens with zero attached hydrogens (tertiary/aromatic N) is 4. The Hall–Kier alpha value is -3.25. The molecular weight excluding hydrogens is 373 g/mol. The van der Waals surface area contributed by atoms with Crippen LogP contribution in [-0.4, -0.2) is 31.1 Å². The third-order valence-corrected chi connectivity index (χ3v) is 4.74. The zero-order valence-corrected chi connectivity index (χ0v) is 17.0. The maximum Gasteiger partial charge on any atom is 0.211 e. The smallest absolute Gasteiger partial charge is 0.211 e. The lowest BCUT2D eigenvalue weighted by atomic mass is 10.2. The maximum absolute atomic E-state index is 10.1. The molecule has 8 nitrogen and oxygen atoms in total. The molecule has 9 heteroatoms. The molecule has 144 valence electrons. The first-order valence-corrected chi connectivity index (χ1v) is 9.12. The van der Waals surface area contributed by atoms with Crippen molar-refractivity contribution in [2.75, 3.05) is 11.1 Å². The van der Waals surface area contributed by atoms with E-state index in [4.69, 9.17) is 5.73 Å². The standard InChI is InChI=1S/C12H13N4P.C7H9N3O/c1-7-3-9-11(17)10(15-12(9)13-4-7)8-5-14-16(2)6-8;1-5-7(10-4-11)2-6(8)3-9-5/h3-6H,17H2,1-2H3,(H,13,15);2-4H,8H2,1H3,(H,10,11). The zero-order chi connectivity index (χ0) is 20.3. The Kier molecular flexibility index (Phi) is 5.70. The fourth-order valence-electron chi connectivity index (χ4n) is 2.73. The molecule has 1 atom stereocenters. The number of amides is 1. The highest BCUT2D eigenvalue weighted by molar-refractivity contribution is 7.29. The molecule has 4 aromatic heterocycles. The van der Waals surface area contributed by atoms with Crippen LogP contribution in [0.3, 0.4) is 0 Å². The third-order valence-electron chi connectivity index (χ3n) is 4.14. The van der Waals surface area contributed by atoms with Crippen LogP contribution in [0.2, 0.25) is 0 Å². The first kappa shape index (κ1) is 19.5. The minimum Gasteiger partial charge on any atom is -0.397 e. The summed E-state index contributed by atoms with van der Waals surface area (Å²) < 4.78 is 1.80. The number of hydrogen-bond donors (Lipinski definition) is 3. The van der Waals surface area contributed by atoms with E-state index in [0.717, 1.165) is 38.9 Å². The van der Waals surface area contributed by atoms with E-state index in [2.05, 4.69) is 40.7 Å². The van der Waals surface area contributed by atoms with E-state index in [1.165, 1.54) is 0 Å². The number of aryl methyl sites for hydroxylation is 3. The molecule has 0 aliphatic carbocycles. The highest BCUT2D eigenvalue weighted by atomic mass is 31.0. The SMILES string of the molecule is Cc1cnc2[nH]c(-c3cnn(C)c3)c(P)c2c1.Cc1ncc(N)cc1NC=O. The largest absolute Gasteiger partial charge is 0.397 e. The number of hydrogen-bond acceptors (Lipinski definition) is 5. The highest BCUT2D eigenvalue weighted by Gasteiger charge is 2.11. The molecule has 0 radical (unpaired) electrons. The van der Waals surface area contributed by atoms with E-state index < -0.39 is 0 Å². The van der Waals surface area contributed by atoms with Gasteiger partial charge < -0.3 is 16.0 Å². The summed E-state index contributed by atoms with van der Waals surface area (Å²) in [6, 6.07) is 3.80. The molecular formula is C19H22N7OP. The summed E-state index contributed by atoms with van der Waals surface area (Å²) in [5, 5.41) is 8.97. The Morgan fingerprint density at radius 1 is 1.21 bits per heavy atom. The van der Waals surface area contributed by atoms with Crippen molar-refractivity contribution in [3.63, 3.8) is 0 Å². The van der Waals surface area contributed by atoms with Gasteiger partial charge in [0, 0.05) is 35.7 Å². The number of H-pyrrole nitrogens is 1. The van der Waals surface area contributed by atoms with Crippen LogP contribution >= 0.6 is 9.24 Å². The van der Waals surface area contributed by atoms with Gasteiger partial charge in [-0.2, -0.15) is 5.10 Å². The topological polar surface area (TPSA) is 115 Å². The monoisotopic (exact) mass is 395 g/mol. The summed E-state index contributed by atoms with van der Waals surface area (Å²) in [5.74, 6) is 0. The van der Waals surface area contributed by atoms with Crippen molar-refractivity contribution in [2.45, 2.75) is 13.8 Å². The number of anilines is 2. The van der Waals surface area contributed by atoms with Crippen LogP contribution in [-0.2, 0) is 11.8 Å². The van der Waals surface area contributed by atoms with Gasteiger partial charge in [-0.15, -0.1) is 9.24 Å². The number of nitrogen functional groups attached to an aromatic ring is 1. The second kappa shape index (κ2) is 8.19. The van der Waals surface area contributed by atoms with E-state index in [-0.39, 0.29) is 0 Å². The highest BCUT2D eigenvalue weighted by Crippen LogP contribution is 2.23. The van der Waals surface area contributed by atoms with Crippen molar-refractivity contribution in [1.29, 1.82) is 0 Å². The van der Waals surface area contributed by atoms with E-state index in [9.17, 15) is 4.79 Å². The first-order valence-electron chi connectivity index (χ1n) is 8.54. The Labute approximate surface area is 164 Å². The molecule has 0 aliphatic heterocycles. The Bertz CT molecular complexity index is 1130. The Balaban J connectivity index is 0.000000178. The predicted octanol–water partition coefficient (Wildman–Crippen LogP) is 2.31. The van der Waals surface area contributed by atoms with Crippen molar-refractivity contribution in [3.05, 3.63) is 48.2 Å². The summed E-state index contributed by atoms with van der Waals surface area (Å²) >= 11 is 0. The number of aromatic nitrogens is 5. The van der Waals surface area contributed by atoms with Crippen molar-refractivity contribution in [3.8, 4) is 11.3 Å². The van der Waals surface area contributed by atoms with Crippen LogP contribution in [0.1, 0.15) is 11.3 Å². The van der Waals surface area contributed by atoms with Gasteiger partial charge in [0.1, 0.15) is 5.65 Å². The van der Waals surface area contributed by atoms with Gasteiger partial charge in [0.25, 0.3) is 0 Å². The van der Waals surface area contributed by atoms with E-state index in [0.29, 0.717) is 17.8 Å². The number of aromatic amines is 1. The molecule has 4 heterocycles.